The third-order valence-electron chi connectivity index (χ3n) is 2.86. The predicted octanol–water partition coefficient (Wildman–Crippen LogP) is 1.81. The smallest absolute Gasteiger partial charge is 0.224 e. The number of aromatic nitrogens is 7. The molecular weight excluding hydrogens is 278 g/mol. The van der Waals surface area contributed by atoms with Gasteiger partial charge >= 0.3 is 0 Å². The average molecular weight is 284 g/mol. The summed E-state index contributed by atoms with van der Waals surface area (Å²) in [5, 5.41) is 8.23. The van der Waals surface area contributed by atoms with E-state index in [4.69, 9.17) is 11.6 Å². The van der Waals surface area contributed by atoms with Gasteiger partial charge in [-0.3, -0.25) is 9.97 Å². The van der Waals surface area contributed by atoms with Crippen molar-refractivity contribution in [2.75, 3.05) is 0 Å². The van der Waals surface area contributed by atoms with Crippen LogP contribution in [-0.4, -0.2) is 34.9 Å². The number of rotatable bonds is 1. The molecule has 8 heteroatoms. The summed E-state index contributed by atoms with van der Waals surface area (Å²) in [5.74, 6) is 0. The fourth-order valence-corrected chi connectivity index (χ4v) is 2.09. The first-order valence-electron chi connectivity index (χ1n) is 5.76. The first kappa shape index (κ1) is 11.2. The van der Waals surface area contributed by atoms with Crippen LogP contribution >= 0.6 is 11.6 Å². The molecule has 0 aliphatic rings. The van der Waals surface area contributed by atoms with E-state index in [9.17, 15) is 0 Å². The van der Waals surface area contributed by atoms with Crippen LogP contribution in [0.25, 0.3) is 27.9 Å². The summed E-state index contributed by atoms with van der Waals surface area (Å²) in [7, 11) is 0. The van der Waals surface area contributed by atoms with E-state index in [-0.39, 0.29) is 5.28 Å². The fourth-order valence-electron chi connectivity index (χ4n) is 1.96. The van der Waals surface area contributed by atoms with Crippen molar-refractivity contribution in [2.45, 2.75) is 0 Å². The van der Waals surface area contributed by atoms with Crippen LogP contribution in [0.4, 0.5) is 0 Å². The van der Waals surface area contributed by atoms with Crippen LogP contribution in [0, 0.1) is 0 Å². The van der Waals surface area contributed by atoms with Gasteiger partial charge in [0.05, 0.1) is 22.9 Å². The van der Waals surface area contributed by atoms with Crippen LogP contribution in [0.1, 0.15) is 0 Å². The molecule has 1 aromatic carbocycles. The van der Waals surface area contributed by atoms with E-state index in [1.807, 2.05) is 18.2 Å². The molecule has 0 atom stereocenters. The van der Waals surface area contributed by atoms with Crippen molar-refractivity contribution < 1.29 is 0 Å². The number of nitrogens with zero attached hydrogens (tertiary/aromatic N) is 7. The summed E-state index contributed by atoms with van der Waals surface area (Å²) >= 11 is 5.82. The zero-order valence-corrected chi connectivity index (χ0v) is 10.7. The largest absolute Gasteiger partial charge is 0.253 e. The lowest BCUT2D eigenvalue weighted by atomic mass is 10.2. The molecule has 0 bridgehead atoms. The number of fused-ring (bicyclic) bond motifs is 2. The standard InChI is InChI=1S/C12H6ClN7/c13-12-16-6-10-11(17-12)20(19-18-10)7-1-2-8-9(5-7)15-4-3-14-8/h1-6H. The van der Waals surface area contributed by atoms with Crippen LogP contribution in [0.3, 0.4) is 0 Å². The van der Waals surface area contributed by atoms with Crippen molar-refractivity contribution >= 4 is 33.8 Å². The molecule has 0 N–H and O–H groups in total. The van der Waals surface area contributed by atoms with Crippen molar-refractivity contribution in [3.8, 4) is 5.69 Å². The Morgan fingerprint density at radius 2 is 1.80 bits per heavy atom. The monoisotopic (exact) mass is 283 g/mol. The predicted molar refractivity (Wildman–Crippen MR) is 72.6 cm³/mol. The molecule has 0 amide bonds. The maximum atomic E-state index is 5.82. The molecule has 0 saturated heterocycles. The minimum absolute atomic E-state index is 0.154. The second-order valence-electron chi connectivity index (χ2n) is 4.08. The first-order valence-corrected chi connectivity index (χ1v) is 6.14. The Morgan fingerprint density at radius 3 is 2.70 bits per heavy atom. The summed E-state index contributed by atoms with van der Waals surface area (Å²) in [6.45, 7) is 0. The molecule has 3 aromatic heterocycles. The summed E-state index contributed by atoms with van der Waals surface area (Å²) in [6.07, 6.45) is 4.83. The van der Waals surface area contributed by atoms with Gasteiger partial charge in [0.1, 0.15) is 0 Å². The molecule has 3 heterocycles. The van der Waals surface area contributed by atoms with Gasteiger partial charge in [0.25, 0.3) is 0 Å². The zero-order valence-electron chi connectivity index (χ0n) is 9.97. The lowest BCUT2D eigenvalue weighted by Gasteiger charge is -2.02. The van der Waals surface area contributed by atoms with E-state index in [2.05, 4.69) is 30.2 Å². The van der Waals surface area contributed by atoms with Crippen LogP contribution in [0.2, 0.25) is 5.28 Å². The summed E-state index contributed by atoms with van der Waals surface area (Å²) < 4.78 is 1.59. The van der Waals surface area contributed by atoms with E-state index in [1.165, 1.54) is 6.20 Å². The maximum Gasteiger partial charge on any atom is 0.224 e. The molecule has 0 spiro atoms. The average Bonchev–Trinajstić information content (AvgIpc) is 2.89. The van der Waals surface area contributed by atoms with E-state index in [1.54, 1.807) is 17.1 Å². The number of benzene rings is 1. The minimum atomic E-state index is 0.154. The Kier molecular flexibility index (Phi) is 2.33. The molecule has 0 aliphatic heterocycles. The molecule has 0 unspecified atom stereocenters. The van der Waals surface area contributed by atoms with Gasteiger partial charge in [0.15, 0.2) is 11.2 Å². The summed E-state index contributed by atoms with van der Waals surface area (Å²) in [4.78, 5) is 16.5. The second-order valence-corrected chi connectivity index (χ2v) is 4.42. The van der Waals surface area contributed by atoms with E-state index < -0.39 is 0 Å². The van der Waals surface area contributed by atoms with Gasteiger partial charge in [-0.1, -0.05) is 5.21 Å². The highest BCUT2D eigenvalue weighted by atomic mass is 35.5. The van der Waals surface area contributed by atoms with Crippen LogP contribution in [0.5, 0.6) is 0 Å². The van der Waals surface area contributed by atoms with Gasteiger partial charge in [-0.15, -0.1) is 5.10 Å². The van der Waals surface area contributed by atoms with Crippen LogP contribution in [-0.2, 0) is 0 Å². The highest BCUT2D eigenvalue weighted by molar-refractivity contribution is 6.28. The topological polar surface area (TPSA) is 82.3 Å². The molecule has 4 aromatic rings. The Bertz CT molecular complexity index is 933. The van der Waals surface area contributed by atoms with E-state index in [0.717, 1.165) is 16.7 Å². The lowest BCUT2D eigenvalue weighted by molar-refractivity contribution is 0.818. The van der Waals surface area contributed by atoms with Gasteiger partial charge < -0.3 is 0 Å². The van der Waals surface area contributed by atoms with E-state index >= 15 is 0 Å². The number of halogens is 1. The zero-order chi connectivity index (χ0) is 13.5. The molecule has 0 radical (unpaired) electrons. The van der Waals surface area contributed by atoms with Gasteiger partial charge in [0.2, 0.25) is 5.28 Å². The van der Waals surface area contributed by atoms with Crippen LogP contribution < -0.4 is 0 Å². The Balaban J connectivity index is 1.98. The van der Waals surface area contributed by atoms with E-state index in [0.29, 0.717) is 11.2 Å². The Hall–Kier alpha value is -2.67. The summed E-state index contributed by atoms with van der Waals surface area (Å²) in [6, 6.07) is 5.61. The highest BCUT2D eigenvalue weighted by Gasteiger charge is 2.10. The summed E-state index contributed by atoms with van der Waals surface area (Å²) in [5.41, 5.74) is 3.50. The second kappa shape index (κ2) is 4.17. The van der Waals surface area contributed by atoms with Crippen molar-refractivity contribution in [1.29, 1.82) is 0 Å². The number of hydrogen-bond donors (Lipinski definition) is 0. The highest BCUT2D eigenvalue weighted by Crippen LogP contribution is 2.18. The van der Waals surface area contributed by atoms with Gasteiger partial charge in [-0.2, -0.15) is 9.67 Å². The molecule has 0 aliphatic carbocycles. The Morgan fingerprint density at radius 1 is 0.950 bits per heavy atom. The van der Waals surface area contributed by atoms with Crippen molar-refractivity contribution in [1.82, 2.24) is 34.9 Å². The molecule has 7 nitrogen and oxygen atoms in total. The normalized spacial score (nSPS) is 11.2. The third kappa shape index (κ3) is 1.68. The molecular formula is C12H6ClN7. The SMILES string of the molecule is Clc1ncc2nnn(-c3ccc4nccnc4c3)c2n1. The first-order chi connectivity index (χ1) is 9.81. The molecule has 96 valence electrons. The minimum Gasteiger partial charge on any atom is -0.253 e. The lowest BCUT2D eigenvalue weighted by Crippen LogP contribution is -1.99. The van der Waals surface area contributed by atoms with Gasteiger partial charge in [-0.05, 0) is 29.8 Å². The maximum absolute atomic E-state index is 5.82. The molecule has 4 rings (SSSR count). The van der Waals surface area contributed by atoms with Crippen molar-refractivity contribution in [2.24, 2.45) is 0 Å². The van der Waals surface area contributed by atoms with Crippen molar-refractivity contribution in [3.63, 3.8) is 0 Å². The number of hydrogen-bond acceptors (Lipinski definition) is 6. The third-order valence-corrected chi connectivity index (χ3v) is 3.04. The van der Waals surface area contributed by atoms with Crippen molar-refractivity contribution in [3.05, 3.63) is 42.1 Å². The van der Waals surface area contributed by atoms with Gasteiger partial charge in [0, 0.05) is 12.4 Å². The Labute approximate surface area is 117 Å². The fraction of sp³-hybridized carbons (Fsp3) is 0. The molecule has 20 heavy (non-hydrogen) atoms. The van der Waals surface area contributed by atoms with Gasteiger partial charge in [-0.25, -0.2) is 4.98 Å². The molecule has 0 saturated carbocycles. The molecule has 0 fully saturated rings. The van der Waals surface area contributed by atoms with Crippen LogP contribution in [0.15, 0.2) is 36.8 Å². The quantitative estimate of drug-likeness (QED) is 0.495.